The average Bonchev–Trinajstić information content (AvgIpc) is 2.04. The van der Waals surface area contributed by atoms with Crippen molar-refractivity contribution >= 4 is 5.78 Å². The molecule has 1 aliphatic heterocycles. The summed E-state index contributed by atoms with van der Waals surface area (Å²) >= 11 is 0. The van der Waals surface area contributed by atoms with Gasteiger partial charge in [-0.1, -0.05) is 18.2 Å². The van der Waals surface area contributed by atoms with E-state index in [2.05, 4.69) is 0 Å². The molecule has 2 rings (SSSR count). The van der Waals surface area contributed by atoms with E-state index in [0.717, 1.165) is 16.9 Å². The minimum atomic E-state index is 0.160. The zero-order chi connectivity index (χ0) is 8.55. The maximum absolute atomic E-state index is 11.0. The number of fused-ring (bicyclic) bond motifs is 1. The molecule has 0 saturated heterocycles. The lowest BCUT2D eigenvalue weighted by molar-refractivity contribution is -0.121. The van der Waals surface area contributed by atoms with Crippen molar-refractivity contribution in [3.63, 3.8) is 0 Å². The Balaban J connectivity index is 2.48. The first-order chi connectivity index (χ1) is 5.77. The van der Waals surface area contributed by atoms with Crippen molar-refractivity contribution in [2.75, 3.05) is 6.61 Å². The van der Waals surface area contributed by atoms with Crippen LogP contribution in [-0.4, -0.2) is 12.4 Å². The molecule has 0 aliphatic carbocycles. The minimum absolute atomic E-state index is 0.160. The number of ether oxygens (including phenoxy) is 1. The summed E-state index contributed by atoms with van der Waals surface area (Å²) in [5, 5.41) is 0. The molecule has 1 aliphatic rings. The highest BCUT2D eigenvalue weighted by molar-refractivity contribution is 5.84. The highest BCUT2D eigenvalue weighted by Gasteiger charge is 2.17. The lowest BCUT2D eigenvalue weighted by atomic mass is 10.0. The summed E-state index contributed by atoms with van der Waals surface area (Å²) in [6.45, 7) is 2.23. The fraction of sp³-hybridized carbons (Fsp3) is 0.300. The van der Waals surface area contributed by atoms with E-state index in [9.17, 15) is 4.79 Å². The number of ketones is 1. The van der Waals surface area contributed by atoms with Crippen LogP contribution in [0.3, 0.4) is 0 Å². The first-order valence-corrected chi connectivity index (χ1v) is 4.00. The van der Waals surface area contributed by atoms with Gasteiger partial charge in [-0.2, -0.15) is 0 Å². The summed E-state index contributed by atoms with van der Waals surface area (Å²) in [4.78, 5) is 11.0. The predicted octanol–water partition coefficient (Wildman–Crippen LogP) is 1.50. The van der Waals surface area contributed by atoms with Crippen LogP contribution in [0, 0.1) is 6.92 Å². The third-order valence-electron chi connectivity index (χ3n) is 2.06. The van der Waals surface area contributed by atoms with Crippen LogP contribution >= 0.6 is 0 Å². The Morgan fingerprint density at radius 2 is 2.25 bits per heavy atom. The summed E-state index contributed by atoms with van der Waals surface area (Å²) in [6, 6.07) is 5.89. The zero-order valence-electron chi connectivity index (χ0n) is 6.96. The lowest BCUT2D eigenvalue weighted by Gasteiger charge is -2.17. The Morgan fingerprint density at radius 1 is 1.42 bits per heavy atom. The Hall–Kier alpha value is -1.31. The molecule has 0 amide bonds. The van der Waals surface area contributed by atoms with Crippen LogP contribution < -0.4 is 4.74 Å². The van der Waals surface area contributed by atoms with Gasteiger partial charge in [0.1, 0.15) is 12.4 Å². The summed E-state index contributed by atoms with van der Waals surface area (Å²) in [5.41, 5.74) is 2.13. The molecule has 0 atom stereocenters. The van der Waals surface area contributed by atoms with Gasteiger partial charge in [0.15, 0.2) is 5.78 Å². The summed E-state index contributed by atoms with van der Waals surface area (Å²) in [7, 11) is 0. The quantitative estimate of drug-likeness (QED) is 0.577. The topological polar surface area (TPSA) is 26.3 Å². The van der Waals surface area contributed by atoms with Gasteiger partial charge in [0, 0.05) is 12.0 Å². The van der Waals surface area contributed by atoms with Gasteiger partial charge in [-0.3, -0.25) is 4.79 Å². The molecule has 0 unspecified atom stereocenters. The van der Waals surface area contributed by atoms with Crippen molar-refractivity contribution in [3.8, 4) is 5.75 Å². The van der Waals surface area contributed by atoms with E-state index in [1.165, 1.54) is 0 Å². The molecule has 0 aromatic heterocycles. The van der Waals surface area contributed by atoms with Crippen molar-refractivity contribution in [2.45, 2.75) is 13.3 Å². The van der Waals surface area contributed by atoms with Crippen LogP contribution in [0.15, 0.2) is 18.2 Å². The SMILES string of the molecule is Cc1cccc2c1OCC(=O)C2. The normalized spacial score (nSPS) is 15.2. The third-order valence-corrected chi connectivity index (χ3v) is 2.06. The number of aryl methyl sites for hydroxylation is 1. The maximum Gasteiger partial charge on any atom is 0.174 e. The predicted molar refractivity (Wildman–Crippen MR) is 45.4 cm³/mol. The van der Waals surface area contributed by atoms with Crippen LogP contribution in [0.2, 0.25) is 0 Å². The average molecular weight is 162 g/mol. The van der Waals surface area contributed by atoms with E-state index >= 15 is 0 Å². The first kappa shape index (κ1) is 7.35. The highest BCUT2D eigenvalue weighted by atomic mass is 16.5. The fourth-order valence-corrected chi connectivity index (χ4v) is 1.48. The van der Waals surface area contributed by atoms with E-state index in [1.54, 1.807) is 0 Å². The molecule has 12 heavy (non-hydrogen) atoms. The smallest absolute Gasteiger partial charge is 0.174 e. The standard InChI is InChI=1S/C10H10O2/c1-7-3-2-4-8-5-9(11)6-12-10(7)8/h2-4H,5-6H2,1H3. The Labute approximate surface area is 71.2 Å². The molecule has 1 aromatic carbocycles. The second-order valence-corrected chi connectivity index (χ2v) is 3.07. The molecular formula is C10H10O2. The van der Waals surface area contributed by atoms with E-state index in [1.807, 2.05) is 25.1 Å². The molecule has 0 radical (unpaired) electrons. The van der Waals surface area contributed by atoms with Gasteiger partial charge in [-0.25, -0.2) is 0 Å². The summed E-state index contributed by atoms with van der Waals surface area (Å²) in [5.74, 6) is 1.06. The van der Waals surface area contributed by atoms with Gasteiger partial charge >= 0.3 is 0 Å². The van der Waals surface area contributed by atoms with E-state index in [0.29, 0.717) is 6.42 Å². The molecule has 0 N–H and O–H groups in total. The highest BCUT2D eigenvalue weighted by Crippen LogP contribution is 2.26. The van der Waals surface area contributed by atoms with Crippen molar-refractivity contribution in [1.82, 2.24) is 0 Å². The van der Waals surface area contributed by atoms with Crippen molar-refractivity contribution < 1.29 is 9.53 Å². The summed E-state index contributed by atoms with van der Waals surface area (Å²) in [6.07, 6.45) is 0.525. The van der Waals surface area contributed by atoms with Crippen LogP contribution in [0.1, 0.15) is 11.1 Å². The Kier molecular flexibility index (Phi) is 1.61. The number of Topliss-reactive ketones (excluding diaryl/α,β-unsaturated/α-hetero) is 1. The second-order valence-electron chi connectivity index (χ2n) is 3.07. The molecular weight excluding hydrogens is 152 g/mol. The number of carbonyl (C=O) groups is 1. The molecule has 2 heteroatoms. The number of benzene rings is 1. The number of rotatable bonds is 0. The molecule has 0 spiro atoms. The van der Waals surface area contributed by atoms with Crippen LogP contribution in [0.25, 0.3) is 0 Å². The second kappa shape index (κ2) is 2.63. The van der Waals surface area contributed by atoms with Gasteiger partial charge in [-0.15, -0.1) is 0 Å². The van der Waals surface area contributed by atoms with Gasteiger partial charge in [0.2, 0.25) is 0 Å². The molecule has 0 bridgehead atoms. The number of carbonyl (C=O) groups excluding carboxylic acids is 1. The van der Waals surface area contributed by atoms with Crippen molar-refractivity contribution in [1.29, 1.82) is 0 Å². The van der Waals surface area contributed by atoms with Crippen molar-refractivity contribution in [2.24, 2.45) is 0 Å². The molecule has 1 heterocycles. The van der Waals surface area contributed by atoms with Crippen LogP contribution in [0.5, 0.6) is 5.75 Å². The Bertz CT molecular complexity index is 329. The van der Waals surface area contributed by atoms with Gasteiger partial charge < -0.3 is 4.74 Å². The number of para-hydroxylation sites is 1. The fourth-order valence-electron chi connectivity index (χ4n) is 1.48. The Morgan fingerprint density at radius 3 is 3.08 bits per heavy atom. The minimum Gasteiger partial charge on any atom is -0.485 e. The molecule has 0 fully saturated rings. The van der Waals surface area contributed by atoms with Gasteiger partial charge in [0.25, 0.3) is 0 Å². The van der Waals surface area contributed by atoms with Crippen LogP contribution in [0.4, 0.5) is 0 Å². The van der Waals surface area contributed by atoms with E-state index in [4.69, 9.17) is 4.74 Å². The first-order valence-electron chi connectivity index (χ1n) is 4.00. The third kappa shape index (κ3) is 1.09. The van der Waals surface area contributed by atoms with E-state index in [-0.39, 0.29) is 12.4 Å². The lowest BCUT2D eigenvalue weighted by Crippen LogP contribution is -2.20. The largest absolute Gasteiger partial charge is 0.485 e. The van der Waals surface area contributed by atoms with Crippen LogP contribution in [-0.2, 0) is 11.2 Å². The van der Waals surface area contributed by atoms with Gasteiger partial charge in [-0.05, 0) is 12.5 Å². The molecule has 2 nitrogen and oxygen atoms in total. The molecule has 1 aromatic rings. The number of hydrogen-bond acceptors (Lipinski definition) is 2. The van der Waals surface area contributed by atoms with Crippen molar-refractivity contribution in [3.05, 3.63) is 29.3 Å². The maximum atomic E-state index is 11.0. The number of hydrogen-bond donors (Lipinski definition) is 0. The summed E-state index contributed by atoms with van der Waals surface area (Å²) < 4.78 is 5.32. The zero-order valence-corrected chi connectivity index (χ0v) is 6.96. The molecule has 62 valence electrons. The van der Waals surface area contributed by atoms with E-state index < -0.39 is 0 Å². The monoisotopic (exact) mass is 162 g/mol. The molecule has 0 saturated carbocycles. The van der Waals surface area contributed by atoms with Gasteiger partial charge in [0.05, 0.1) is 0 Å².